The highest BCUT2D eigenvalue weighted by molar-refractivity contribution is 5.76. The average Bonchev–Trinajstić information content (AvgIpc) is 3.45. The number of hydrogen-bond donors (Lipinski definition) is 0. The first-order chi connectivity index (χ1) is 14.7. The lowest BCUT2D eigenvalue weighted by Crippen LogP contribution is -2.44. The van der Waals surface area contributed by atoms with E-state index in [4.69, 9.17) is 4.74 Å². The molecule has 0 saturated carbocycles. The largest absolute Gasteiger partial charge is 0.376 e. The summed E-state index contributed by atoms with van der Waals surface area (Å²) in [7, 11) is 0. The Kier molecular flexibility index (Phi) is 7.18. The monoisotopic (exact) mass is 410 g/mol. The smallest absolute Gasteiger partial charge is 0.244 e. The summed E-state index contributed by atoms with van der Waals surface area (Å²) in [6.45, 7) is 8.09. The molecular formula is C24H34N4O2. The number of benzene rings is 1. The van der Waals surface area contributed by atoms with E-state index in [-0.39, 0.29) is 12.0 Å². The fourth-order valence-electron chi connectivity index (χ4n) is 4.61. The minimum absolute atomic E-state index is 0.150. The van der Waals surface area contributed by atoms with E-state index < -0.39 is 0 Å². The van der Waals surface area contributed by atoms with Gasteiger partial charge in [-0.2, -0.15) is 5.10 Å². The molecule has 1 aromatic carbocycles. The molecule has 2 aromatic rings. The summed E-state index contributed by atoms with van der Waals surface area (Å²) in [5, 5.41) is 4.21. The molecule has 1 aromatic heterocycles. The quantitative estimate of drug-likeness (QED) is 0.671. The molecule has 0 spiro atoms. The maximum absolute atomic E-state index is 13.0. The van der Waals surface area contributed by atoms with E-state index in [1.54, 1.807) is 10.9 Å². The number of ether oxygens (including phenoxy) is 1. The van der Waals surface area contributed by atoms with Gasteiger partial charge in [0.2, 0.25) is 5.91 Å². The third-order valence-corrected chi connectivity index (χ3v) is 6.50. The molecule has 0 radical (unpaired) electrons. The van der Waals surface area contributed by atoms with Gasteiger partial charge in [0, 0.05) is 38.6 Å². The van der Waals surface area contributed by atoms with Gasteiger partial charge in [-0.3, -0.25) is 14.4 Å². The van der Waals surface area contributed by atoms with Crippen LogP contribution in [0, 0.1) is 12.8 Å². The van der Waals surface area contributed by atoms with Crippen molar-refractivity contribution in [3.05, 3.63) is 53.9 Å². The van der Waals surface area contributed by atoms with Gasteiger partial charge in [0.1, 0.15) is 6.54 Å². The average molecular weight is 411 g/mol. The maximum atomic E-state index is 13.0. The number of aromatic nitrogens is 2. The molecule has 6 heteroatoms. The van der Waals surface area contributed by atoms with E-state index in [1.807, 2.05) is 17.2 Å². The third-order valence-electron chi connectivity index (χ3n) is 6.50. The van der Waals surface area contributed by atoms with Gasteiger partial charge in [-0.25, -0.2) is 0 Å². The Bertz CT molecular complexity index is 793. The van der Waals surface area contributed by atoms with Gasteiger partial charge in [-0.15, -0.1) is 0 Å². The van der Waals surface area contributed by atoms with E-state index >= 15 is 0 Å². The number of carbonyl (C=O) groups excluding carboxylic acids is 1. The topological polar surface area (TPSA) is 50.6 Å². The van der Waals surface area contributed by atoms with E-state index in [0.717, 1.165) is 58.5 Å². The highest BCUT2D eigenvalue weighted by atomic mass is 16.5. The van der Waals surface area contributed by atoms with Gasteiger partial charge in [0.05, 0.1) is 6.10 Å². The Hall–Kier alpha value is -2.18. The first kappa shape index (κ1) is 21.1. The molecular weight excluding hydrogens is 376 g/mol. The van der Waals surface area contributed by atoms with Gasteiger partial charge in [-0.05, 0) is 68.8 Å². The molecule has 3 heterocycles. The molecule has 30 heavy (non-hydrogen) atoms. The van der Waals surface area contributed by atoms with Gasteiger partial charge in [0.15, 0.2) is 0 Å². The molecule has 2 saturated heterocycles. The molecule has 1 amide bonds. The van der Waals surface area contributed by atoms with E-state index in [0.29, 0.717) is 19.0 Å². The number of piperidine rings is 1. The number of likely N-dealkylation sites (tertiary alicyclic amines) is 1. The summed E-state index contributed by atoms with van der Waals surface area (Å²) in [4.78, 5) is 17.6. The highest BCUT2D eigenvalue weighted by Crippen LogP contribution is 2.22. The minimum atomic E-state index is 0.150. The molecule has 2 aliphatic heterocycles. The highest BCUT2D eigenvalue weighted by Gasteiger charge is 2.27. The lowest BCUT2D eigenvalue weighted by molar-refractivity contribution is -0.134. The lowest BCUT2D eigenvalue weighted by atomic mass is 9.95. The minimum Gasteiger partial charge on any atom is -0.376 e. The summed E-state index contributed by atoms with van der Waals surface area (Å²) in [6, 6.07) is 10.5. The van der Waals surface area contributed by atoms with Crippen molar-refractivity contribution < 1.29 is 9.53 Å². The molecule has 0 unspecified atom stereocenters. The summed E-state index contributed by atoms with van der Waals surface area (Å²) < 4.78 is 7.55. The number of nitrogens with zero attached hydrogens (tertiary/aromatic N) is 4. The van der Waals surface area contributed by atoms with Crippen LogP contribution in [0.2, 0.25) is 0 Å². The SMILES string of the molecule is Cc1ccccc1CN1CCC(CN(C[C@H]2CCCO2)C(=O)Cn2cccn2)CC1. The van der Waals surface area contributed by atoms with E-state index in [2.05, 4.69) is 41.2 Å². The van der Waals surface area contributed by atoms with Gasteiger partial charge >= 0.3 is 0 Å². The zero-order valence-electron chi connectivity index (χ0n) is 18.1. The van der Waals surface area contributed by atoms with Crippen molar-refractivity contribution in [3.63, 3.8) is 0 Å². The van der Waals surface area contributed by atoms with Crippen LogP contribution in [0.1, 0.15) is 36.8 Å². The van der Waals surface area contributed by atoms with Crippen LogP contribution in [0.3, 0.4) is 0 Å². The molecule has 2 fully saturated rings. The van der Waals surface area contributed by atoms with Crippen molar-refractivity contribution in [1.29, 1.82) is 0 Å². The van der Waals surface area contributed by atoms with Crippen molar-refractivity contribution in [2.45, 2.75) is 51.8 Å². The molecule has 6 nitrogen and oxygen atoms in total. The van der Waals surface area contributed by atoms with Crippen LogP contribution in [0.4, 0.5) is 0 Å². The second-order valence-electron chi connectivity index (χ2n) is 8.78. The van der Waals surface area contributed by atoms with Crippen molar-refractivity contribution in [2.24, 2.45) is 5.92 Å². The Morgan fingerprint density at radius 3 is 2.70 bits per heavy atom. The fourth-order valence-corrected chi connectivity index (χ4v) is 4.61. The van der Waals surface area contributed by atoms with Crippen LogP contribution >= 0.6 is 0 Å². The van der Waals surface area contributed by atoms with Crippen molar-refractivity contribution in [2.75, 3.05) is 32.8 Å². The van der Waals surface area contributed by atoms with Gasteiger partial charge in [-0.1, -0.05) is 24.3 Å². The second-order valence-corrected chi connectivity index (χ2v) is 8.78. The Balaban J connectivity index is 1.31. The summed E-state index contributed by atoms with van der Waals surface area (Å²) in [6.07, 6.45) is 8.21. The normalized spacial score (nSPS) is 20.5. The number of carbonyl (C=O) groups is 1. The van der Waals surface area contributed by atoms with Crippen molar-refractivity contribution in [3.8, 4) is 0 Å². The van der Waals surface area contributed by atoms with E-state index in [9.17, 15) is 4.79 Å². The Labute approximate surface area is 179 Å². The summed E-state index contributed by atoms with van der Waals surface area (Å²) in [5.74, 6) is 0.706. The predicted molar refractivity (Wildman–Crippen MR) is 117 cm³/mol. The van der Waals surface area contributed by atoms with Crippen LogP contribution in [0.5, 0.6) is 0 Å². The molecule has 1 atom stereocenters. The predicted octanol–water partition coefficient (Wildman–Crippen LogP) is 3.11. The summed E-state index contributed by atoms with van der Waals surface area (Å²) in [5.41, 5.74) is 2.79. The number of hydrogen-bond acceptors (Lipinski definition) is 4. The van der Waals surface area contributed by atoms with Crippen LogP contribution in [-0.4, -0.2) is 64.4 Å². The Morgan fingerprint density at radius 1 is 1.17 bits per heavy atom. The summed E-state index contributed by atoms with van der Waals surface area (Å²) >= 11 is 0. The molecule has 0 N–H and O–H groups in total. The van der Waals surface area contributed by atoms with Crippen LogP contribution in [0.25, 0.3) is 0 Å². The van der Waals surface area contributed by atoms with Crippen molar-refractivity contribution >= 4 is 5.91 Å². The molecule has 2 aliphatic rings. The van der Waals surface area contributed by atoms with Crippen LogP contribution in [-0.2, 0) is 22.6 Å². The maximum Gasteiger partial charge on any atom is 0.244 e. The van der Waals surface area contributed by atoms with Crippen LogP contribution in [0.15, 0.2) is 42.7 Å². The number of amides is 1. The zero-order chi connectivity index (χ0) is 20.8. The molecule has 0 bridgehead atoms. The van der Waals surface area contributed by atoms with Gasteiger partial charge in [0.25, 0.3) is 0 Å². The first-order valence-electron chi connectivity index (χ1n) is 11.3. The first-order valence-corrected chi connectivity index (χ1v) is 11.3. The number of rotatable bonds is 8. The number of aryl methyl sites for hydroxylation is 1. The van der Waals surface area contributed by atoms with Crippen molar-refractivity contribution in [1.82, 2.24) is 19.6 Å². The zero-order valence-corrected chi connectivity index (χ0v) is 18.1. The standard InChI is InChI=1S/C24H34N4O2/c1-20-6-2-3-7-22(20)17-26-13-9-21(10-14-26)16-27(18-23-8-4-15-30-23)24(29)19-28-12-5-11-25-28/h2-3,5-7,11-12,21,23H,4,8-10,13-19H2,1H3/t23-/m1/s1. The van der Waals surface area contributed by atoms with E-state index in [1.165, 1.54) is 11.1 Å². The molecule has 4 rings (SSSR count). The molecule has 162 valence electrons. The van der Waals surface area contributed by atoms with Crippen LogP contribution < -0.4 is 0 Å². The van der Waals surface area contributed by atoms with Gasteiger partial charge < -0.3 is 9.64 Å². The fraction of sp³-hybridized carbons (Fsp3) is 0.583. The second kappa shape index (κ2) is 10.2. The molecule has 0 aliphatic carbocycles. The third kappa shape index (κ3) is 5.70. The Morgan fingerprint density at radius 2 is 2.00 bits per heavy atom. The lowest BCUT2D eigenvalue weighted by Gasteiger charge is -2.35.